The number of aromatic nitrogens is 6. The Morgan fingerprint density at radius 1 is 0.775 bits per heavy atom. The van der Waals surface area contributed by atoms with Crippen molar-refractivity contribution in [2.75, 3.05) is 5.32 Å². The molecule has 0 saturated carbocycles. The lowest BCUT2D eigenvalue weighted by Gasteiger charge is -2.11. The van der Waals surface area contributed by atoms with Crippen LogP contribution in [0.3, 0.4) is 0 Å². The highest BCUT2D eigenvalue weighted by Crippen LogP contribution is 2.33. The molecule has 7 aromatic rings. The van der Waals surface area contributed by atoms with E-state index in [4.69, 9.17) is 4.98 Å². The van der Waals surface area contributed by atoms with E-state index in [1.165, 1.54) is 12.1 Å². The van der Waals surface area contributed by atoms with Crippen molar-refractivity contribution in [2.24, 2.45) is 0 Å². The minimum atomic E-state index is -0.289. The summed E-state index contributed by atoms with van der Waals surface area (Å²) in [4.78, 5) is 17.0. The number of benzene rings is 3. The van der Waals surface area contributed by atoms with Gasteiger partial charge in [0.1, 0.15) is 11.5 Å². The number of halogens is 1. The number of aromatic amines is 2. The van der Waals surface area contributed by atoms with Gasteiger partial charge >= 0.3 is 0 Å². The standard InChI is InChI=1S/C32H22FN7/c1-19(20-5-3-2-4-6-20)36-25-13-23(15-34-16-25)22-9-12-28-26(14-22)31(40-39-28)32-37-29-18-35-17-27(30(29)38-32)21-7-10-24(33)11-8-21/h2-18,36H,1H2,(H,37,38)(H,39,40). The molecule has 0 fully saturated rings. The van der Waals surface area contributed by atoms with Gasteiger partial charge in [0, 0.05) is 34.6 Å². The zero-order chi connectivity index (χ0) is 27.1. The number of pyridine rings is 2. The Bertz CT molecular complexity index is 2010. The summed E-state index contributed by atoms with van der Waals surface area (Å²) in [6.07, 6.45) is 7.08. The molecule has 0 unspecified atom stereocenters. The molecule has 4 aromatic heterocycles. The first-order chi connectivity index (χ1) is 19.6. The topological polar surface area (TPSA) is 95.2 Å². The van der Waals surface area contributed by atoms with E-state index in [-0.39, 0.29) is 5.82 Å². The van der Waals surface area contributed by atoms with Crippen LogP contribution in [0.2, 0.25) is 0 Å². The number of rotatable bonds is 6. The molecule has 7 rings (SSSR count). The molecule has 0 atom stereocenters. The normalized spacial score (nSPS) is 11.2. The molecule has 7 nitrogen and oxygen atoms in total. The van der Waals surface area contributed by atoms with Gasteiger partial charge in [0.05, 0.1) is 34.6 Å². The molecular weight excluding hydrogens is 501 g/mol. The first kappa shape index (κ1) is 23.5. The van der Waals surface area contributed by atoms with Gasteiger partial charge in [-0.3, -0.25) is 15.1 Å². The molecule has 0 spiro atoms. The lowest BCUT2D eigenvalue weighted by Crippen LogP contribution is -1.98. The maximum absolute atomic E-state index is 13.5. The van der Waals surface area contributed by atoms with Crippen LogP contribution in [-0.4, -0.2) is 30.1 Å². The molecule has 8 heteroatoms. The number of imidazole rings is 1. The van der Waals surface area contributed by atoms with Crippen molar-refractivity contribution in [1.82, 2.24) is 30.1 Å². The lowest BCUT2D eigenvalue weighted by molar-refractivity contribution is 0.628. The molecule has 0 amide bonds. The summed E-state index contributed by atoms with van der Waals surface area (Å²) in [5, 5.41) is 12.0. The predicted molar refractivity (Wildman–Crippen MR) is 157 cm³/mol. The zero-order valence-electron chi connectivity index (χ0n) is 21.2. The quantitative estimate of drug-likeness (QED) is 0.210. The Morgan fingerprint density at radius 3 is 2.42 bits per heavy atom. The summed E-state index contributed by atoms with van der Waals surface area (Å²) in [5.74, 6) is 0.325. The van der Waals surface area contributed by atoms with Crippen molar-refractivity contribution < 1.29 is 4.39 Å². The third-order valence-electron chi connectivity index (χ3n) is 6.83. The van der Waals surface area contributed by atoms with Crippen molar-refractivity contribution in [1.29, 1.82) is 0 Å². The largest absolute Gasteiger partial charge is 0.354 e. The Balaban J connectivity index is 1.25. The van der Waals surface area contributed by atoms with Gasteiger partial charge in [-0.15, -0.1) is 0 Å². The van der Waals surface area contributed by atoms with Gasteiger partial charge in [-0.05, 0) is 47.0 Å². The molecule has 0 radical (unpaired) electrons. The van der Waals surface area contributed by atoms with Crippen LogP contribution >= 0.6 is 0 Å². The number of nitrogens with zero attached hydrogens (tertiary/aromatic N) is 4. The number of hydrogen-bond acceptors (Lipinski definition) is 5. The maximum atomic E-state index is 13.5. The fourth-order valence-electron chi connectivity index (χ4n) is 4.81. The monoisotopic (exact) mass is 523 g/mol. The van der Waals surface area contributed by atoms with Crippen LogP contribution in [0, 0.1) is 5.82 Å². The molecule has 0 aliphatic rings. The van der Waals surface area contributed by atoms with Crippen molar-refractivity contribution in [3.63, 3.8) is 0 Å². The summed E-state index contributed by atoms with van der Waals surface area (Å²) in [6, 6.07) is 24.4. The predicted octanol–water partition coefficient (Wildman–Crippen LogP) is 7.45. The summed E-state index contributed by atoms with van der Waals surface area (Å²) < 4.78 is 13.5. The molecule has 4 heterocycles. The highest BCUT2D eigenvalue weighted by atomic mass is 19.1. The van der Waals surface area contributed by atoms with E-state index in [2.05, 4.69) is 43.1 Å². The molecule has 0 saturated heterocycles. The zero-order valence-corrected chi connectivity index (χ0v) is 21.2. The third kappa shape index (κ3) is 4.27. The first-order valence-electron chi connectivity index (χ1n) is 12.7. The van der Waals surface area contributed by atoms with Gasteiger partial charge in [0.25, 0.3) is 0 Å². The van der Waals surface area contributed by atoms with Crippen LogP contribution in [0.1, 0.15) is 5.56 Å². The molecule has 3 aromatic carbocycles. The Morgan fingerprint density at radius 2 is 1.57 bits per heavy atom. The first-order valence-corrected chi connectivity index (χ1v) is 12.7. The molecule has 3 N–H and O–H groups in total. The fraction of sp³-hybridized carbons (Fsp3) is 0. The van der Waals surface area contributed by atoms with Crippen molar-refractivity contribution in [3.8, 4) is 33.8 Å². The molecule has 192 valence electrons. The molecule has 0 aliphatic carbocycles. The van der Waals surface area contributed by atoms with Crippen LogP contribution in [0.5, 0.6) is 0 Å². The van der Waals surface area contributed by atoms with E-state index >= 15 is 0 Å². The van der Waals surface area contributed by atoms with Crippen LogP contribution in [0.15, 0.2) is 110 Å². The number of hydrogen-bond donors (Lipinski definition) is 3. The van der Waals surface area contributed by atoms with E-state index in [9.17, 15) is 4.39 Å². The average molecular weight is 524 g/mol. The highest BCUT2D eigenvalue weighted by Gasteiger charge is 2.16. The third-order valence-corrected chi connectivity index (χ3v) is 6.83. The Hall–Kier alpha value is -5.63. The minimum absolute atomic E-state index is 0.289. The molecule has 40 heavy (non-hydrogen) atoms. The van der Waals surface area contributed by atoms with E-state index in [1.54, 1.807) is 30.7 Å². The summed E-state index contributed by atoms with van der Waals surface area (Å²) in [5.41, 5.74) is 9.33. The van der Waals surface area contributed by atoms with E-state index in [0.717, 1.165) is 61.1 Å². The summed E-state index contributed by atoms with van der Waals surface area (Å²) >= 11 is 0. The SMILES string of the molecule is C=C(Nc1cncc(-c2ccc3[nH]nc(-c4nc5c(-c6ccc(F)cc6)cncc5[nH]4)c3c2)c1)c1ccccc1. The van der Waals surface area contributed by atoms with Crippen molar-refractivity contribution in [2.45, 2.75) is 0 Å². The van der Waals surface area contributed by atoms with Crippen LogP contribution < -0.4 is 5.32 Å². The number of nitrogens with one attached hydrogen (secondary N) is 3. The van der Waals surface area contributed by atoms with Crippen LogP contribution in [0.4, 0.5) is 10.1 Å². The van der Waals surface area contributed by atoms with Crippen molar-refractivity contribution in [3.05, 3.63) is 122 Å². The smallest absolute Gasteiger partial charge is 0.159 e. The molecule has 0 aliphatic heterocycles. The second kappa shape index (κ2) is 9.59. The van der Waals surface area contributed by atoms with Crippen LogP contribution in [-0.2, 0) is 0 Å². The number of anilines is 1. The minimum Gasteiger partial charge on any atom is -0.354 e. The van der Waals surface area contributed by atoms with Gasteiger partial charge in [-0.25, -0.2) is 9.37 Å². The van der Waals surface area contributed by atoms with Gasteiger partial charge in [0.2, 0.25) is 0 Å². The van der Waals surface area contributed by atoms with Gasteiger partial charge in [-0.2, -0.15) is 5.10 Å². The van der Waals surface area contributed by atoms with Gasteiger partial charge < -0.3 is 10.3 Å². The molecular formula is C32H22FN7. The Labute approximate surface area is 228 Å². The maximum Gasteiger partial charge on any atom is 0.159 e. The summed E-state index contributed by atoms with van der Waals surface area (Å²) in [7, 11) is 0. The lowest BCUT2D eigenvalue weighted by atomic mass is 10.0. The van der Waals surface area contributed by atoms with Gasteiger partial charge in [-0.1, -0.05) is 55.1 Å². The number of H-pyrrole nitrogens is 2. The van der Waals surface area contributed by atoms with Gasteiger partial charge in [0.15, 0.2) is 5.82 Å². The number of fused-ring (bicyclic) bond motifs is 2. The fourth-order valence-corrected chi connectivity index (χ4v) is 4.81. The van der Waals surface area contributed by atoms with Crippen molar-refractivity contribution >= 4 is 33.3 Å². The summed E-state index contributed by atoms with van der Waals surface area (Å²) in [6.45, 7) is 4.17. The van der Waals surface area contributed by atoms with E-state index in [0.29, 0.717) is 11.5 Å². The highest BCUT2D eigenvalue weighted by molar-refractivity contribution is 5.98. The second-order valence-electron chi connectivity index (χ2n) is 9.44. The Kier molecular flexibility index (Phi) is 5.63. The van der Waals surface area contributed by atoms with Crippen LogP contribution in [0.25, 0.3) is 61.4 Å². The average Bonchev–Trinajstić information content (AvgIpc) is 3.62. The second-order valence-corrected chi connectivity index (χ2v) is 9.44. The van der Waals surface area contributed by atoms with E-state index in [1.807, 2.05) is 54.7 Å². The molecule has 0 bridgehead atoms. The van der Waals surface area contributed by atoms with E-state index < -0.39 is 0 Å².